The summed E-state index contributed by atoms with van der Waals surface area (Å²) in [5, 5.41) is 3.23. The van der Waals surface area contributed by atoms with E-state index in [1.165, 1.54) is 25.9 Å². The van der Waals surface area contributed by atoms with Crippen LogP contribution in [0.25, 0.3) is 11.4 Å². The number of ether oxygens (including phenoxy) is 1. The Morgan fingerprint density at radius 2 is 1.82 bits per heavy atom. The third-order valence-corrected chi connectivity index (χ3v) is 7.35. The zero-order valence-corrected chi connectivity index (χ0v) is 20.3. The molecule has 1 aromatic heterocycles. The predicted octanol–water partition coefficient (Wildman–Crippen LogP) is 4.27. The number of piperidine rings is 1. The number of carbonyl (C=O) groups is 1. The SMILES string of the molecule is COc1nc(-c2ccccc2)nc2c1CCC(C(=O)NCCC1CCN(C(C)C)CC1)CC2. The lowest BCUT2D eigenvalue weighted by molar-refractivity contribution is -0.125. The van der Waals surface area contributed by atoms with E-state index >= 15 is 0 Å². The van der Waals surface area contributed by atoms with Crippen LogP contribution in [0.4, 0.5) is 0 Å². The van der Waals surface area contributed by atoms with Crippen molar-refractivity contribution in [3.63, 3.8) is 0 Å². The summed E-state index contributed by atoms with van der Waals surface area (Å²) in [5.41, 5.74) is 3.06. The maximum absolute atomic E-state index is 12.9. The third-order valence-electron chi connectivity index (χ3n) is 7.35. The van der Waals surface area contributed by atoms with Crippen LogP contribution >= 0.6 is 0 Å². The molecule has 1 aliphatic heterocycles. The van der Waals surface area contributed by atoms with Gasteiger partial charge in [0.2, 0.25) is 11.8 Å². The van der Waals surface area contributed by atoms with Crippen LogP contribution in [-0.4, -0.2) is 53.6 Å². The first kappa shape index (κ1) is 23.7. The Labute approximate surface area is 198 Å². The second-order valence-corrected chi connectivity index (χ2v) is 9.77. The Bertz CT molecular complexity index is 923. The summed E-state index contributed by atoms with van der Waals surface area (Å²) in [6.45, 7) is 7.70. The van der Waals surface area contributed by atoms with Gasteiger partial charge in [0, 0.05) is 29.6 Å². The highest BCUT2D eigenvalue weighted by atomic mass is 16.5. The standard InChI is InChI=1S/C27H38N4O2/c1-19(2)31-17-14-20(15-18-31)13-16-28-26(32)22-9-11-23-24(12-10-22)29-25(30-27(23)33-3)21-7-5-4-6-8-21/h4-8,19-20,22H,9-18H2,1-3H3,(H,28,32). The molecular weight excluding hydrogens is 412 g/mol. The van der Waals surface area contributed by atoms with E-state index in [4.69, 9.17) is 9.72 Å². The molecule has 33 heavy (non-hydrogen) atoms. The quantitative estimate of drug-likeness (QED) is 0.638. The summed E-state index contributed by atoms with van der Waals surface area (Å²) < 4.78 is 5.63. The summed E-state index contributed by atoms with van der Waals surface area (Å²) in [6, 6.07) is 10.6. The number of fused-ring (bicyclic) bond motifs is 1. The second-order valence-electron chi connectivity index (χ2n) is 9.77. The lowest BCUT2D eigenvalue weighted by Gasteiger charge is -2.34. The maximum Gasteiger partial charge on any atom is 0.223 e. The number of aryl methyl sites for hydroxylation is 1. The first-order valence-electron chi connectivity index (χ1n) is 12.6. The number of carbonyl (C=O) groups excluding carboxylic acids is 1. The van der Waals surface area contributed by atoms with Crippen LogP contribution in [-0.2, 0) is 17.6 Å². The predicted molar refractivity (Wildman–Crippen MR) is 131 cm³/mol. The second kappa shape index (κ2) is 11.1. The van der Waals surface area contributed by atoms with Gasteiger partial charge < -0.3 is 15.0 Å². The number of likely N-dealkylation sites (tertiary alicyclic amines) is 1. The van der Waals surface area contributed by atoms with E-state index < -0.39 is 0 Å². The van der Waals surface area contributed by atoms with Gasteiger partial charge in [-0.25, -0.2) is 4.98 Å². The maximum atomic E-state index is 12.9. The lowest BCUT2D eigenvalue weighted by Crippen LogP contribution is -2.39. The number of methoxy groups -OCH3 is 1. The highest BCUT2D eigenvalue weighted by Crippen LogP contribution is 2.31. The van der Waals surface area contributed by atoms with Gasteiger partial charge in [-0.2, -0.15) is 4.98 Å². The number of amides is 1. The molecule has 1 atom stereocenters. The molecule has 1 unspecified atom stereocenters. The van der Waals surface area contributed by atoms with Crippen molar-refractivity contribution < 1.29 is 9.53 Å². The van der Waals surface area contributed by atoms with Crippen molar-refractivity contribution in [2.45, 2.75) is 64.8 Å². The van der Waals surface area contributed by atoms with Crippen LogP contribution in [0.3, 0.4) is 0 Å². The fourth-order valence-electron chi connectivity index (χ4n) is 5.19. The van der Waals surface area contributed by atoms with Crippen LogP contribution in [0.15, 0.2) is 30.3 Å². The van der Waals surface area contributed by atoms with Crippen LogP contribution in [0, 0.1) is 11.8 Å². The molecule has 2 heterocycles. The van der Waals surface area contributed by atoms with Crippen molar-refractivity contribution in [1.29, 1.82) is 0 Å². The monoisotopic (exact) mass is 450 g/mol. The highest BCUT2D eigenvalue weighted by molar-refractivity contribution is 5.78. The van der Waals surface area contributed by atoms with Gasteiger partial charge >= 0.3 is 0 Å². The topological polar surface area (TPSA) is 67.3 Å². The number of hydrogen-bond acceptors (Lipinski definition) is 5. The van der Waals surface area contributed by atoms with Gasteiger partial charge in [-0.1, -0.05) is 30.3 Å². The highest BCUT2D eigenvalue weighted by Gasteiger charge is 2.27. The van der Waals surface area contributed by atoms with E-state index in [9.17, 15) is 4.79 Å². The fourth-order valence-corrected chi connectivity index (χ4v) is 5.19. The Balaban J connectivity index is 1.31. The van der Waals surface area contributed by atoms with E-state index in [1.807, 2.05) is 30.3 Å². The van der Waals surface area contributed by atoms with E-state index in [1.54, 1.807) is 7.11 Å². The van der Waals surface area contributed by atoms with Crippen molar-refractivity contribution in [3.8, 4) is 17.3 Å². The Morgan fingerprint density at radius 1 is 1.09 bits per heavy atom. The molecule has 0 bridgehead atoms. The van der Waals surface area contributed by atoms with Crippen molar-refractivity contribution >= 4 is 5.91 Å². The van der Waals surface area contributed by atoms with E-state index in [0.717, 1.165) is 61.4 Å². The normalized spacial score (nSPS) is 19.7. The largest absolute Gasteiger partial charge is 0.481 e. The van der Waals surface area contributed by atoms with Crippen molar-refractivity contribution in [3.05, 3.63) is 41.6 Å². The van der Waals surface area contributed by atoms with Crippen molar-refractivity contribution in [2.24, 2.45) is 11.8 Å². The molecule has 1 aromatic carbocycles. The number of nitrogens with zero attached hydrogens (tertiary/aromatic N) is 3. The van der Waals surface area contributed by atoms with Crippen molar-refractivity contribution in [1.82, 2.24) is 20.2 Å². The minimum atomic E-state index is 0.0202. The Hall–Kier alpha value is -2.47. The smallest absolute Gasteiger partial charge is 0.223 e. The zero-order valence-electron chi connectivity index (χ0n) is 20.3. The first-order valence-corrected chi connectivity index (χ1v) is 12.6. The Morgan fingerprint density at radius 3 is 2.52 bits per heavy atom. The van der Waals surface area contributed by atoms with E-state index in [0.29, 0.717) is 17.7 Å². The Kier molecular flexibility index (Phi) is 7.97. The van der Waals surface area contributed by atoms with Gasteiger partial charge in [0.25, 0.3) is 0 Å². The molecule has 1 fully saturated rings. The first-order chi connectivity index (χ1) is 16.0. The molecular formula is C27H38N4O2. The van der Waals surface area contributed by atoms with Gasteiger partial charge in [0.15, 0.2) is 5.82 Å². The molecule has 4 rings (SSSR count). The lowest BCUT2D eigenvalue weighted by atomic mass is 9.92. The minimum Gasteiger partial charge on any atom is -0.481 e. The summed E-state index contributed by atoms with van der Waals surface area (Å²) in [5.74, 6) is 2.28. The number of benzene rings is 1. The van der Waals surface area contributed by atoms with Gasteiger partial charge in [0.05, 0.1) is 12.8 Å². The third kappa shape index (κ3) is 5.91. The van der Waals surface area contributed by atoms with Gasteiger partial charge in [0.1, 0.15) is 0 Å². The van der Waals surface area contributed by atoms with Crippen molar-refractivity contribution in [2.75, 3.05) is 26.7 Å². The molecule has 178 valence electrons. The number of nitrogens with one attached hydrogen (secondary N) is 1. The summed E-state index contributed by atoms with van der Waals surface area (Å²) in [4.78, 5) is 25.0. The molecule has 0 spiro atoms. The zero-order chi connectivity index (χ0) is 23.2. The van der Waals surface area contributed by atoms with Crippen LogP contribution in [0.1, 0.15) is 57.2 Å². The van der Waals surface area contributed by atoms with Gasteiger partial charge in [-0.15, -0.1) is 0 Å². The average molecular weight is 451 g/mol. The molecule has 2 aliphatic rings. The molecule has 1 aliphatic carbocycles. The van der Waals surface area contributed by atoms with Crippen LogP contribution in [0.5, 0.6) is 5.88 Å². The number of rotatable bonds is 7. The number of hydrogen-bond donors (Lipinski definition) is 1. The number of aromatic nitrogens is 2. The van der Waals surface area contributed by atoms with Gasteiger partial charge in [-0.05, 0) is 77.8 Å². The molecule has 1 saturated heterocycles. The molecule has 1 amide bonds. The summed E-state index contributed by atoms with van der Waals surface area (Å²) >= 11 is 0. The van der Waals surface area contributed by atoms with Gasteiger partial charge in [-0.3, -0.25) is 4.79 Å². The average Bonchev–Trinajstić information content (AvgIpc) is 3.07. The van der Waals surface area contributed by atoms with E-state index in [-0.39, 0.29) is 11.8 Å². The molecule has 1 N–H and O–H groups in total. The van der Waals surface area contributed by atoms with Crippen LogP contribution in [0.2, 0.25) is 0 Å². The van der Waals surface area contributed by atoms with E-state index in [2.05, 4.69) is 29.0 Å². The molecule has 6 heteroatoms. The minimum absolute atomic E-state index is 0.0202. The fraction of sp³-hybridized carbons (Fsp3) is 0.593. The molecule has 0 saturated carbocycles. The summed E-state index contributed by atoms with van der Waals surface area (Å²) in [7, 11) is 1.66. The molecule has 0 radical (unpaired) electrons. The molecule has 6 nitrogen and oxygen atoms in total. The molecule has 2 aromatic rings. The summed E-state index contributed by atoms with van der Waals surface area (Å²) in [6.07, 6.45) is 6.77. The van der Waals surface area contributed by atoms with Crippen LogP contribution < -0.4 is 10.1 Å².